The highest BCUT2D eigenvalue weighted by Crippen LogP contribution is 2.18. The summed E-state index contributed by atoms with van der Waals surface area (Å²) in [6.45, 7) is 9.17. The number of amides is 1. The zero-order chi connectivity index (χ0) is 12.1. The van der Waals surface area contributed by atoms with Gasteiger partial charge in [-0.2, -0.15) is 0 Å². The number of carbonyl (C=O) groups is 1. The predicted octanol–water partition coefficient (Wildman–Crippen LogP) is 2.09. The summed E-state index contributed by atoms with van der Waals surface area (Å²) in [5.74, 6) is 0. The van der Waals surface area contributed by atoms with E-state index in [2.05, 4.69) is 25.0 Å². The van der Waals surface area contributed by atoms with E-state index < -0.39 is 19.7 Å². The van der Waals surface area contributed by atoms with Crippen LogP contribution in [0.25, 0.3) is 0 Å². The molecule has 1 atom stereocenters. The SMILES string of the molecule is CC(CN)(CCC[Si](C)(C)C)NC(=O)O. The number of hydrogen-bond donors (Lipinski definition) is 3. The van der Waals surface area contributed by atoms with Crippen molar-refractivity contribution in [3.8, 4) is 0 Å². The van der Waals surface area contributed by atoms with Crippen LogP contribution in [0.5, 0.6) is 0 Å². The van der Waals surface area contributed by atoms with Crippen molar-refractivity contribution < 1.29 is 9.90 Å². The lowest BCUT2D eigenvalue weighted by Crippen LogP contribution is -2.51. The molecule has 0 saturated heterocycles. The third-order valence-corrected chi connectivity index (χ3v) is 4.37. The lowest BCUT2D eigenvalue weighted by molar-refractivity contribution is 0.178. The average Bonchev–Trinajstić information content (AvgIpc) is 2.00. The van der Waals surface area contributed by atoms with E-state index in [9.17, 15) is 4.79 Å². The molecule has 0 spiro atoms. The van der Waals surface area contributed by atoms with Crippen molar-refractivity contribution in [1.82, 2.24) is 5.32 Å². The van der Waals surface area contributed by atoms with Crippen LogP contribution >= 0.6 is 0 Å². The van der Waals surface area contributed by atoms with E-state index in [4.69, 9.17) is 10.8 Å². The van der Waals surface area contributed by atoms with Crippen molar-refractivity contribution in [2.24, 2.45) is 5.73 Å². The van der Waals surface area contributed by atoms with Crippen LogP contribution in [-0.4, -0.2) is 31.4 Å². The van der Waals surface area contributed by atoms with Gasteiger partial charge in [0.1, 0.15) is 0 Å². The van der Waals surface area contributed by atoms with Crippen LogP contribution < -0.4 is 11.1 Å². The molecule has 5 heteroatoms. The standard InChI is InChI=1S/C10H24N2O2Si/c1-10(8-11,12-9(13)14)6-5-7-15(2,3)4/h12H,5-8,11H2,1-4H3,(H,13,14). The first kappa shape index (κ1) is 14.4. The molecular weight excluding hydrogens is 208 g/mol. The Kier molecular flexibility index (Phi) is 5.31. The van der Waals surface area contributed by atoms with E-state index >= 15 is 0 Å². The van der Waals surface area contributed by atoms with E-state index in [1.54, 1.807) is 0 Å². The number of nitrogens with two attached hydrogens (primary N) is 1. The summed E-state index contributed by atoms with van der Waals surface area (Å²) in [5.41, 5.74) is 5.12. The smallest absolute Gasteiger partial charge is 0.405 e. The van der Waals surface area contributed by atoms with Gasteiger partial charge in [-0.3, -0.25) is 0 Å². The predicted molar refractivity (Wildman–Crippen MR) is 66.0 cm³/mol. The molecule has 0 aromatic heterocycles. The summed E-state index contributed by atoms with van der Waals surface area (Å²) in [4.78, 5) is 10.6. The fourth-order valence-corrected chi connectivity index (χ4v) is 2.72. The Balaban J connectivity index is 4.04. The quantitative estimate of drug-likeness (QED) is 0.614. The van der Waals surface area contributed by atoms with E-state index in [-0.39, 0.29) is 0 Å². The molecule has 0 aliphatic heterocycles. The number of hydrogen-bond acceptors (Lipinski definition) is 2. The van der Waals surface area contributed by atoms with Gasteiger partial charge in [0.15, 0.2) is 0 Å². The van der Waals surface area contributed by atoms with Crippen molar-refractivity contribution in [3.63, 3.8) is 0 Å². The minimum Gasteiger partial charge on any atom is -0.465 e. The van der Waals surface area contributed by atoms with Gasteiger partial charge in [0.05, 0.1) is 5.54 Å². The first-order valence-electron chi connectivity index (χ1n) is 5.40. The Labute approximate surface area is 93.3 Å². The van der Waals surface area contributed by atoms with E-state index in [0.717, 1.165) is 12.8 Å². The van der Waals surface area contributed by atoms with Crippen LogP contribution in [0.4, 0.5) is 4.79 Å². The number of rotatable bonds is 6. The van der Waals surface area contributed by atoms with Crippen molar-refractivity contribution in [3.05, 3.63) is 0 Å². The van der Waals surface area contributed by atoms with Gasteiger partial charge >= 0.3 is 6.09 Å². The lowest BCUT2D eigenvalue weighted by atomic mass is 9.97. The van der Waals surface area contributed by atoms with Crippen molar-refractivity contribution in [1.29, 1.82) is 0 Å². The molecule has 0 bridgehead atoms. The van der Waals surface area contributed by atoms with Crippen LogP contribution in [0.3, 0.4) is 0 Å². The van der Waals surface area contributed by atoms with Crippen LogP contribution in [0.1, 0.15) is 19.8 Å². The summed E-state index contributed by atoms with van der Waals surface area (Å²) < 4.78 is 0. The van der Waals surface area contributed by atoms with Crippen molar-refractivity contribution >= 4 is 14.2 Å². The first-order valence-corrected chi connectivity index (χ1v) is 9.10. The molecule has 0 saturated carbocycles. The summed E-state index contributed by atoms with van der Waals surface area (Å²) in [6, 6.07) is 1.21. The van der Waals surface area contributed by atoms with Crippen LogP contribution in [0, 0.1) is 0 Å². The van der Waals surface area contributed by atoms with E-state index in [1.165, 1.54) is 6.04 Å². The second kappa shape index (κ2) is 5.51. The van der Waals surface area contributed by atoms with Crippen molar-refractivity contribution in [2.75, 3.05) is 6.54 Å². The molecule has 0 fully saturated rings. The molecule has 1 unspecified atom stereocenters. The molecule has 0 aliphatic carbocycles. The van der Waals surface area contributed by atoms with Crippen molar-refractivity contribution in [2.45, 2.75) is 51.0 Å². The van der Waals surface area contributed by atoms with Gasteiger partial charge in [-0.1, -0.05) is 32.1 Å². The Morgan fingerprint density at radius 2 is 2.00 bits per heavy atom. The highest BCUT2D eigenvalue weighted by Gasteiger charge is 2.25. The van der Waals surface area contributed by atoms with Gasteiger partial charge in [-0.15, -0.1) is 0 Å². The second-order valence-electron chi connectivity index (χ2n) is 5.61. The van der Waals surface area contributed by atoms with Gasteiger partial charge in [-0.25, -0.2) is 4.79 Å². The van der Waals surface area contributed by atoms with Gasteiger partial charge in [0.25, 0.3) is 0 Å². The molecule has 15 heavy (non-hydrogen) atoms. The molecule has 4 N–H and O–H groups in total. The lowest BCUT2D eigenvalue weighted by Gasteiger charge is -2.29. The topological polar surface area (TPSA) is 75.3 Å². The Morgan fingerprint density at radius 1 is 1.47 bits per heavy atom. The molecule has 90 valence electrons. The maximum atomic E-state index is 10.6. The van der Waals surface area contributed by atoms with Gasteiger partial charge in [0.2, 0.25) is 0 Å². The maximum absolute atomic E-state index is 10.6. The molecule has 0 rings (SSSR count). The molecule has 0 aromatic carbocycles. The molecule has 0 radical (unpaired) electrons. The minimum atomic E-state index is -1.03. The molecule has 0 aliphatic rings. The highest BCUT2D eigenvalue weighted by atomic mass is 28.3. The minimum absolute atomic E-state index is 0.352. The Hall–Kier alpha value is -0.553. The largest absolute Gasteiger partial charge is 0.465 e. The van der Waals surface area contributed by atoms with Crippen LogP contribution in [0.15, 0.2) is 0 Å². The highest BCUT2D eigenvalue weighted by molar-refractivity contribution is 6.76. The normalized spacial score (nSPS) is 15.8. The molecule has 0 aromatic rings. The van der Waals surface area contributed by atoms with Gasteiger partial charge < -0.3 is 16.2 Å². The Bertz CT molecular complexity index is 216. The summed E-state index contributed by atoms with van der Waals surface area (Å²) >= 11 is 0. The summed E-state index contributed by atoms with van der Waals surface area (Å²) in [5, 5.41) is 11.2. The third kappa shape index (κ3) is 7.38. The van der Waals surface area contributed by atoms with Crippen LogP contribution in [-0.2, 0) is 0 Å². The zero-order valence-electron chi connectivity index (χ0n) is 10.3. The maximum Gasteiger partial charge on any atom is 0.405 e. The first-order chi connectivity index (χ1) is 6.68. The fourth-order valence-electron chi connectivity index (χ4n) is 1.48. The Morgan fingerprint density at radius 3 is 2.33 bits per heavy atom. The van der Waals surface area contributed by atoms with Crippen LogP contribution in [0.2, 0.25) is 25.7 Å². The van der Waals surface area contributed by atoms with E-state index in [1.807, 2.05) is 6.92 Å². The average molecular weight is 232 g/mol. The fraction of sp³-hybridized carbons (Fsp3) is 0.900. The van der Waals surface area contributed by atoms with E-state index in [0.29, 0.717) is 6.54 Å². The zero-order valence-corrected chi connectivity index (χ0v) is 11.3. The molecule has 0 heterocycles. The molecule has 4 nitrogen and oxygen atoms in total. The monoisotopic (exact) mass is 232 g/mol. The molecular formula is C10H24N2O2Si. The van der Waals surface area contributed by atoms with Gasteiger partial charge in [-0.05, 0) is 13.3 Å². The number of carboxylic acid groups (broad SMARTS) is 1. The summed E-state index contributed by atoms with van der Waals surface area (Å²) in [6.07, 6.45) is 0.875. The number of nitrogens with one attached hydrogen (secondary N) is 1. The summed E-state index contributed by atoms with van der Waals surface area (Å²) in [7, 11) is -1.03. The molecule has 1 amide bonds. The second-order valence-corrected chi connectivity index (χ2v) is 11.2. The van der Waals surface area contributed by atoms with Gasteiger partial charge in [0, 0.05) is 14.6 Å². The third-order valence-electron chi connectivity index (χ3n) is 2.51.